The number of halogens is 1. The fourth-order valence-corrected chi connectivity index (χ4v) is 2.53. The van der Waals surface area contributed by atoms with E-state index >= 15 is 0 Å². The number of aliphatic hydroxyl groups is 1. The molecule has 0 amide bonds. The highest BCUT2D eigenvalue weighted by atomic mass is 127. The Morgan fingerprint density at radius 3 is 2.86 bits per heavy atom. The molecule has 0 spiro atoms. The first-order valence-electron chi connectivity index (χ1n) is 5.20. The van der Waals surface area contributed by atoms with Crippen LogP contribution in [0.1, 0.15) is 26.7 Å². The number of hydrogen-bond donors (Lipinski definition) is 1. The SMILES string of the molecule is C=CC(O)C1CC(C(C)I)=CCC1C. The quantitative estimate of drug-likeness (QED) is 0.482. The van der Waals surface area contributed by atoms with E-state index in [0.717, 1.165) is 12.8 Å². The number of aliphatic hydroxyl groups excluding tert-OH is 1. The van der Waals surface area contributed by atoms with Crippen LogP contribution in [-0.2, 0) is 0 Å². The number of hydrogen-bond acceptors (Lipinski definition) is 1. The Hall–Kier alpha value is 0.170. The van der Waals surface area contributed by atoms with Crippen molar-refractivity contribution in [3.63, 3.8) is 0 Å². The van der Waals surface area contributed by atoms with Crippen LogP contribution < -0.4 is 0 Å². The molecule has 0 aromatic heterocycles. The summed E-state index contributed by atoms with van der Waals surface area (Å²) in [6, 6.07) is 0. The van der Waals surface area contributed by atoms with Crippen molar-refractivity contribution >= 4 is 22.6 Å². The Kier molecular flexibility index (Phi) is 4.64. The van der Waals surface area contributed by atoms with Crippen LogP contribution in [0.15, 0.2) is 24.3 Å². The maximum atomic E-state index is 9.80. The van der Waals surface area contributed by atoms with Gasteiger partial charge in [-0.3, -0.25) is 0 Å². The predicted molar refractivity (Wildman–Crippen MR) is 69.7 cm³/mol. The first-order valence-corrected chi connectivity index (χ1v) is 6.44. The van der Waals surface area contributed by atoms with E-state index < -0.39 is 0 Å². The maximum Gasteiger partial charge on any atom is 0.0752 e. The highest BCUT2D eigenvalue weighted by Crippen LogP contribution is 2.35. The van der Waals surface area contributed by atoms with Gasteiger partial charge in [0.1, 0.15) is 0 Å². The third-order valence-corrected chi connectivity index (χ3v) is 3.95. The van der Waals surface area contributed by atoms with Crippen LogP contribution in [0, 0.1) is 11.8 Å². The maximum absolute atomic E-state index is 9.80. The fourth-order valence-electron chi connectivity index (χ4n) is 2.03. The predicted octanol–water partition coefficient (Wildman–Crippen LogP) is 3.33. The first-order chi connectivity index (χ1) is 6.56. The molecule has 0 aromatic rings. The van der Waals surface area contributed by atoms with Crippen LogP contribution in [0.2, 0.25) is 0 Å². The molecule has 1 nitrogen and oxygen atoms in total. The number of rotatable bonds is 3. The lowest BCUT2D eigenvalue weighted by Crippen LogP contribution is -2.28. The lowest BCUT2D eigenvalue weighted by atomic mass is 9.77. The summed E-state index contributed by atoms with van der Waals surface area (Å²) in [6.45, 7) is 8.09. The zero-order valence-electron chi connectivity index (χ0n) is 8.91. The zero-order valence-corrected chi connectivity index (χ0v) is 11.1. The van der Waals surface area contributed by atoms with Crippen LogP contribution in [0.4, 0.5) is 0 Å². The average molecular weight is 306 g/mol. The minimum atomic E-state index is -0.344. The van der Waals surface area contributed by atoms with Crippen LogP contribution in [0.25, 0.3) is 0 Å². The molecule has 0 heterocycles. The topological polar surface area (TPSA) is 20.2 Å². The van der Waals surface area contributed by atoms with E-state index in [9.17, 15) is 5.11 Å². The summed E-state index contributed by atoms with van der Waals surface area (Å²) in [6.07, 6.45) is 5.79. The van der Waals surface area contributed by atoms with E-state index in [-0.39, 0.29) is 6.10 Å². The highest BCUT2D eigenvalue weighted by molar-refractivity contribution is 14.1. The zero-order chi connectivity index (χ0) is 10.7. The molecular weight excluding hydrogens is 287 g/mol. The summed E-state index contributed by atoms with van der Waals surface area (Å²) in [4.78, 5) is 0. The van der Waals surface area contributed by atoms with Gasteiger partial charge in [-0.15, -0.1) is 6.58 Å². The second-order valence-corrected chi connectivity index (χ2v) is 6.07. The van der Waals surface area contributed by atoms with E-state index in [1.54, 1.807) is 6.08 Å². The van der Waals surface area contributed by atoms with Crippen LogP contribution in [0.5, 0.6) is 0 Å². The molecular formula is C12H19IO. The molecule has 0 aromatic carbocycles. The van der Waals surface area contributed by atoms with Crippen molar-refractivity contribution < 1.29 is 5.11 Å². The normalized spacial score (nSPS) is 31.9. The third-order valence-electron chi connectivity index (χ3n) is 3.15. The van der Waals surface area contributed by atoms with Gasteiger partial charge >= 0.3 is 0 Å². The van der Waals surface area contributed by atoms with Gasteiger partial charge < -0.3 is 5.11 Å². The molecule has 4 unspecified atom stereocenters. The Morgan fingerprint density at radius 2 is 2.36 bits per heavy atom. The minimum absolute atomic E-state index is 0.344. The summed E-state index contributed by atoms with van der Waals surface area (Å²) in [7, 11) is 0. The van der Waals surface area contributed by atoms with Gasteiger partial charge in [0.05, 0.1) is 6.10 Å². The van der Waals surface area contributed by atoms with Crippen molar-refractivity contribution in [2.75, 3.05) is 0 Å². The summed E-state index contributed by atoms with van der Waals surface area (Å²) < 4.78 is 0.583. The van der Waals surface area contributed by atoms with Gasteiger partial charge in [0.15, 0.2) is 0 Å². The van der Waals surface area contributed by atoms with Gasteiger partial charge in [0.2, 0.25) is 0 Å². The molecule has 1 aliphatic carbocycles. The molecule has 0 fully saturated rings. The van der Waals surface area contributed by atoms with E-state index in [4.69, 9.17) is 0 Å². The van der Waals surface area contributed by atoms with Crippen molar-refractivity contribution in [3.05, 3.63) is 24.3 Å². The smallest absolute Gasteiger partial charge is 0.0752 e. The largest absolute Gasteiger partial charge is 0.389 e. The summed E-state index contributed by atoms with van der Waals surface area (Å²) in [5.41, 5.74) is 1.48. The Bertz CT molecular complexity index is 232. The van der Waals surface area contributed by atoms with E-state index in [1.165, 1.54) is 5.57 Å². The summed E-state index contributed by atoms with van der Waals surface area (Å²) in [5, 5.41) is 9.80. The molecule has 0 saturated heterocycles. The van der Waals surface area contributed by atoms with Crippen molar-refractivity contribution in [1.82, 2.24) is 0 Å². The van der Waals surface area contributed by atoms with Crippen LogP contribution in [-0.4, -0.2) is 15.1 Å². The molecule has 1 N–H and O–H groups in total. The first kappa shape index (κ1) is 12.2. The van der Waals surface area contributed by atoms with Gasteiger partial charge in [-0.1, -0.05) is 47.2 Å². The second kappa shape index (κ2) is 5.31. The molecule has 14 heavy (non-hydrogen) atoms. The fraction of sp³-hybridized carbons (Fsp3) is 0.667. The van der Waals surface area contributed by atoms with E-state index in [0.29, 0.717) is 15.8 Å². The molecule has 1 rings (SSSR count). The Labute approximate surface area is 100 Å². The van der Waals surface area contributed by atoms with Gasteiger partial charge in [0, 0.05) is 3.92 Å². The van der Waals surface area contributed by atoms with Gasteiger partial charge in [-0.2, -0.15) is 0 Å². The van der Waals surface area contributed by atoms with Crippen molar-refractivity contribution in [1.29, 1.82) is 0 Å². The van der Waals surface area contributed by atoms with Gasteiger partial charge in [0.25, 0.3) is 0 Å². The molecule has 2 heteroatoms. The lowest BCUT2D eigenvalue weighted by molar-refractivity contribution is 0.112. The van der Waals surface area contributed by atoms with E-state index in [1.807, 2.05) is 0 Å². The lowest BCUT2D eigenvalue weighted by Gasteiger charge is -2.32. The molecule has 0 bridgehead atoms. The minimum Gasteiger partial charge on any atom is -0.389 e. The van der Waals surface area contributed by atoms with Crippen LogP contribution >= 0.6 is 22.6 Å². The molecule has 4 atom stereocenters. The van der Waals surface area contributed by atoms with Gasteiger partial charge in [-0.25, -0.2) is 0 Å². The molecule has 0 saturated carbocycles. The molecule has 0 aliphatic heterocycles. The number of allylic oxidation sites excluding steroid dienone is 2. The molecule has 0 radical (unpaired) electrons. The third kappa shape index (κ3) is 2.83. The van der Waals surface area contributed by atoms with Gasteiger partial charge in [-0.05, 0) is 31.6 Å². The summed E-state index contributed by atoms with van der Waals surface area (Å²) in [5.74, 6) is 0.937. The monoisotopic (exact) mass is 306 g/mol. The van der Waals surface area contributed by atoms with Crippen LogP contribution in [0.3, 0.4) is 0 Å². The Balaban J connectivity index is 2.71. The van der Waals surface area contributed by atoms with Crippen molar-refractivity contribution in [2.24, 2.45) is 11.8 Å². The van der Waals surface area contributed by atoms with Crippen molar-refractivity contribution in [2.45, 2.75) is 36.7 Å². The highest BCUT2D eigenvalue weighted by Gasteiger charge is 2.28. The second-order valence-electron chi connectivity index (χ2n) is 4.20. The standard InChI is InChI=1S/C12H19IO/c1-4-12(14)11-7-10(9(3)13)6-5-8(11)2/h4,6,8-9,11-12,14H,1,5,7H2,2-3H3. The molecule has 1 aliphatic rings. The van der Waals surface area contributed by atoms with Crippen molar-refractivity contribution in [3.8, 4) is 0 Å². The molecule has 80 valence electrons. The average Bonchev–Trinajstić information content (AvgIpc) is 2.17. The summed E-state index contributed by atoms with van der Waals surface area (Å²) >= 11 is 2.44. The Morgan fingerprint density at radius 1 is 1.71 bits per heavy atom. The van der Waals surface area contributed by atoms with E-state index in [2.05, 4.69) is 49.1 Å². The number of alkyl halides is 1.